The normalized spacial score (nSPS) is 10.4. The van der Waals surface area contributed by atoms with Gasteiger partial charge in [-0.15, -0.1) is 0 Å². The Hall–Kier alpha value is -3.20. The van der Waals surface area contributed by atoms with Gasteiger partial charge < -0.3 is 10.3 Å². The number of H-pyrrole nitrogens is 1. The van der Waals surface area contributed by atoms with E-state index in [2.05, 4.69) is 10.3 Å². The van der Waals surface area contributed by atoms with E-state index < -0.39 is 17.5 Å². The lowest BCUT2D eigenvalue weighted by atomic mass is 10.1. The predicted octanol–water partition coefficient (Wildman–Crippen LogP) is 3.57. The lowest BCUT2D eigenvalue weighted by Gasteiger charge is -2.05. The Balaban J connectivity index is 2.01. The molecule has 1 aromatic heterocycles. The summed E-state index contributed by atoms with van der Waals surface area (Å²) < 4.78 is 26.4. The fourth-order valence-electron chi connectivity index (χ4n) is 2.20. The number of halogens is 2. The second-order valence-electron chi connectivity index (χ2n) is 4.61. The van der Waals surface area contributed by atoms with Crippen LogP contribution in [-0.4, -0.2) is 10.9 Å². The van der Waals surface area contributed by atoms with Crippen LogP contribution in [0.15, 0.2) is 42.5 Å². The number of aromatic nitrogens is 1. The van der Waals surface area contributed by atoms with Crippen LogP contribution in [0.3, 0.4) is 0 Å². The molecule has 0 fully saturated rings. The number of carbonyl (C=O) groups is 1. The van der Waals surface area contributed by atoms with Gasteiger partial charge in [-0.05, 0) is 18.2 Å². The highest BCUT2D eigenvalue weighted by Gasteiger charge is 2.18. The van der Waals surface area contributed by atoms with Crippen LogP contribution in [0.25, 0.3) is 10.9 Å². The highest BCUT2D eigenvalue weighted by Crippen LogP contribution is 2.23. The van der Waals surface area contributed by atoms with Crippen molar-refractivity contribution in [3.8, 4) is 6.07 Å². The first kappa shape index (κ1) is 13.8. The highest BCUT2D eigenvalue weighted by molar-refractivity contribution is 6.09. The average Bonchev–Trinajstić information content (AvgIpc) is 2.88. The van der Waals surface area contributed by atoms with E-state index in [4.69, 9.17) is 0 Å². The molecule has 3 rings (SSSR count). The van der Waals surface area contributed by atoms with Gasteiger partial charge in [-0.2, -0.15) is 5.26 Å². The molecule has 0 saturated heterocycles. The lowest BCUT2D eigenvalue weighted by Crippen LogP contribution is -2.14. The molecule has 1 heterocycles. The molecule has 22 heavy (non-hydrogen) atoms. The van der Waals surface area contributed by atoms with Crippen LogP contribution in [0.1, 0.15) is 16.1 Å². The number of nitrogens with one attached hydrogen (secondary N) is 2. The van der Waals surface area contributed by atoms with Crippen LogP contribution in [0.4, 0.5) is 14.5 Å². The number of hydrogen-bond donors (Lipinski definition) is 2. The first-order valence-corrected chi connectivity index (χ1v) is 6.37. The molecule has 0 radical (unpaired) electrons. The van der Waals surface area contributed by atoms with Crippen molar-refractivity contribution in [1.82, 2.24) is 4.98 Å². The minimum Gasteiger partial charge on any atom is -0.349 e. The average molecular weight is 297 g/mol. The molecule has 0 bridgehead atoms. The van der Waals surface area contributed by atoms with Crippen molar-refractivity contribution in [3.05, 3.63) is 65.4 Å². The topological polar surface area (TPSA) is 68.7 Å². The van der Waals surface area contributed by atoms with Crippen molar-refractivity contribution in [2.75, 3.05) is 5.32 Å². The third-order valence-corrected chi connectivity index (χ3v) is 3.22. The van der Waals surface area contributed by atoms with Crippen LogP contribution in [0.2, 0.25) is 0 Å². The first-order chi connectivity index (χ1) is 10.6. The molecule has 6 heteroatoms. The number of fused-ring (bicyclic) bond motifs is 1. The zero-order valence-corrected chi connectivity index (χ0v) is 11.2. The number of nitriles is 1. The van der Waals surface area contributed by atoms with Gasteiger partial charge in [0.05, 0.1) is 11.3 Å². The van der Waals surface area contributed by atoms with Gasteiger partial charge in [-0.3, -0.25) is 4.79 Å². The molecular weight excluding hydrogens is 288 g/mol. The molecule has 1 amide bonds. The van der Waals surface area contributed by atoms with Crippen molar-refractivity contribution in [1.29, 1.82) is 5.26 Å². The standard InChI is InChI=1S/C16H9F2N3O/c17-9-5-6-14(12(18)7-9)21-16(22)15-11(8-19)10-3-1-2-4-13(10)20-15/h1-7,20H,(H,21,22). The molecule has 2 N–H and O–H groups in total. The van der Waals surface area contributed by atoms with E-state index in [-0.39, 0.29) is 16.9 Å². The Morgan fingerprint density at radius 3 is 2.68 bits per heavy atom. The summed E-state index contributed by atoms with van der Waals surface area (Å²) in [4.78, 5) is 15.1. The number of benzene rings is 2. The van der Waals surface area contributed by atoms with E-state index in [9.17, 15) is 18.8 Å². The first-order valence-electron chi connectivity index (χ1n) is 6.37. The van der Waals surface area contributed by atoms with Crippen LogP contribution in [-0.2, 0) is 0 Å². The maximum atomic E-state index is 13.6. The van der Waals surface area contributed by atoms with Gasteiger partial charge in [-0.25, -0.2) is 8.78 Å². The SMILES string of the molecule is N#Cc1c(C(=O)Nc2ccc(F)cc2F)[nH]c2ccccc12. The fraction of sp³-hybridized carbons (Fsp3) is 0. The molecule has 108 valence electrons. The summed E-state index contributed by atoms with van der Waals surface area (Å²) in [7, 11) is 0. The lowest BCUT2D eigenvalue weighted by molar-refractivity contribution is 0.102. The Morgan fingerprint density at radius 1 is 1.18 bits per heavy atom. The maximum absolute atomic E-state index is 13.6. The van der Waals surface area contributed by atoms with Crippen molar-refractivity contribution in [2.45, 2.75) is 0 Å². The van der Waals surface area contributed by atoms with Gasteiger partial charge >= 0.3 is 0 Å². The van der Waals surface area contributed by atoms with Crippen LogP contribution in [0.5, 0.6) is 0 Å². The number of carbonyl (C=O) groups excluding carboxylic acids is 1. The van der Waals surface area contributed by atoms with Crippen LogP contribution in [0, 0.1) is 23.0 Å². The molecule has 0 saturated carbocycles. The van der Waals surface area contributed by atoms with E-state index >= 15 is 0 Å². The minimum absolute atomic E-state index is 0.0347. The summed E-state index contributed by atoms with van der Waals surface area (Å²) in [6.45, 7) is 0. The molecule has 0 aliphatic rings. The van der Waals surface area contributed by atoms with E-state index in [1.807, 2.05) is 6.07 Å². The van der Waals surface area contributed by atoms with E-state index in [0.717, 1.165) is 12.1 Å². The molecule has 0 atom stereocenters. The predicted molar refractivity (Wildman–Crippen MR) is 77.3 cm³/mol. The largest absolute Gasteiger partial charge is 0.349 e. The third kappa shape index (κ3) is 2.29. The summed E-state index contributed by atoms with van der Waals surface area (Å²) in [6, 6.07) is 11.7. The summed E-state index contributed by atoms with van der Waals surface area (Å²) >= 11 is 0. The maximum Gasteiger partial charge on any atom is 0.273 e. The number of aromatic amines is 1. The number of rotatable bonds is 2. The Bertz CT molecular complexity index is 925. The molecule has 2 aromatic carbocycles. The quantitative estimate of drug-likeness (QED) is 0.759. The molecule has 0 spiro atoms. The summed E-state index contributed by atoms with van der Waals surface area (Å²) in [5.41, 5.74) is 0.681. The van der Waals surface area contributed by atoms with Crippen molar-refractivity contribution in [3.63, 3.8) is 0 Å². The van der Waals surface area contributed by atoms with Gasteiger partial charge in [-0.1, -0.05) is 18.2 Å². The number of nitrogens with zero attached hydrogens (tertiary/aromatic N) is 1. The zero-order chi connectivity index (χ0) is 15.7. The fourth-order valence-corrected chi connectivity index (χ4v) is 2.20. The molecule has 0 unspecified atom stereocenters. The molecule has 0 aliphatic heterocycles. The zero-order valence-electron chi connectivity index (χ0n) is 11.2. The van der Waals surface area contributed by atoms with Gasteiger partial charge in [0.15, 0.2) is 0 Å². The van der Waals surface area contributed by atoms with Crippen molar-refractivity contribution < 1.29 is 13.6 Å². The van der Waals surface area contributed by atoms with E-state index in [0.29, 0.717) is 17.0 Å². The Morgan fingerprint density at radius 2 is 1.95 bits per heavy atom. The summed E-state index contributed by atoms with van der Waals surface area (Å²) in [5, 5.41) is 12.2. The Kier molecular flexibility index (Phi) is 3.31. The molecule has 4 nitrogen and oxygen atoms in total. The smallest absolute Gasteiger partial charge is 0.273 e. The molecule has 3 aromatic rings. The number of amides is 1. The van der Waals surface area contributed by atoms with Gasteiger partial charge in [0.25, 0.3) is 5.91 Å². The third-order valence-electron chi connectivity index (χ3n) is 3.22. The number of para-hydroxylation sites is 1. The Labute approximate surface area is 124 Å². The molecular formula is C16H9F2N3O. The van der Waals surface area contributed by atoms with Crippen LogP contribution < -0.4 is 5.32 Å². The summed E-state index contributed by atoms with van der Waals surface area (Å²) in [5.74, 6) is -2.29. The van der Waals surface area contributed by atoms with E-state index in [1.165, 1.54) is 0 Å². The highest BCUT2D eigenvalue weighted by atomic mass is 19.1. The molecule has 0 aliphatic carbocycles. The number of hydrogen-bond acceptors (Lipinski definition) is 2. The summed E-state index contributed by atoms with van der Waals surface area (Å²) in [6.07, 6.45) is 0. The second kappa shape index (κ2) is 5.30. The van der Waals surface area contributed by atoms with Gasteiger partial charge in [0, 0.05) is 17.0 Å². The minimum atomic E-state index is -0.886. The monoisotopic (exact) mass is 297 g/mol. The van der Waals surface area contributed by atoms with E-state index in [1.54, 1.807) is 24.3 Å². The van der Waals surface area contributed by atoms with Crippen molar-refractivity contribution >= 4 is 22.5 Å². The second-order valence-corrected chi connectivity index (χ2v) is 4.61. The van der Waals surface area contributed by atoms with Gasteiger partial charge in [0.1, 0.15) is 23.4 Å². The van der Waals surface area contributed by atoms with Crippen molar-refractivity contribution in [2.24, 2.45) is 0 Å². The van der Waals surface area contributed by atoms with Crippen LogP contribution >= 0.6 is 0 Å². The number of anilines is 1. The van der Waals surface area contributed by atoms with Gasteiger partial charge in [0.2, 0.25) is 0 Å².